The van der Waals surface area contributed by atoms with Crippen molar-refractivity contribution in [3.8, 4) is 0 Å². The maximum Gasteiger partial charge on any atom is 0.135 e. The van der Waals surface area contributed by atoms with Crippen LogP contribution in [0.1, 0.15) is 19.4 Å². The topological polar surface area (TPSA) is 21.1 Å². The molecule has 0 amide bonds. The van der Waals surface area contributed by atoms with Crippen molar-refractivity contribution in [2.24, 2.45) is 0 Å². The zero-order valence-corrected chi connectivity index (χ0v) is 13.0. The highest BCUT2D eigenvalue weighted by Gasteiger charge is 2.24. The minimum Gasteiger partial charge on any atom is -0.314 e. The van der Waals surface area contributed by atoms with E-state index in [0.29, 0.717) is 11.9 Å². The van der Waals surface area contributed by atoms with Crippen molar-refractivity contribution in [2.45, 2.75) is 25.2 Å². The summed E-state index contributed by atoms with van der Waals surface area (Å²) in [6.07, 6.45) is 4.41. The molecule has 1 radical (unpaired) electrons. The summed E-state index contributed by atoms with van der Waals surface area (Å²) in [6.45, 7) is 3.43. The van der Waals surface area contributed by atoms with E-state index in [2.05, 4.69) is 71.2 Å². The van der Waals surface area contributed by atoms with Gasteiger partial charge in [0, 0.05) is 22.1 Å². The summed E-state index contributed by atoms with van der Waals surface area (Å²) < 4.78 is 3.25. The highest BCUT2D eigenvalue weighted by atomic mass is 79.9. The highest BCUT2D eigenvalue weighted by Crippen LogP contribution is 2.30. The number of nitrogens with zero attached hydrogens (tertiary/aromatic N) is 3. The highest BCUT2D eigenvalue weighted by molar-refractivity contribution is 9.10. The van der Waals surface area contributed by atoms with Crippen LogP contribution >= 0.6 is 15.9 Å². The summed E-state index contributed by atoms with van der Waals surface area (Å²) >= 11 is 3.51. The second-order valence-electron chi connectivity index (χ2n) is 5.53. The first-order chi connectivity index (χ1) is 9.13. The van der Waals surface area contributed by atoms with Gasteiger partial charge in [0.25, 0.3) is 0 Å². The molecule has 19 heavy (non-hydrogen) atoms. The Morgan fingerprint density at radius 2 is 2.26 bits per heavy atom. The van der Waals surface area contributed by atoms with Crippen LogP contribution in [0.25, 0.3) is 10.9 Å². The SMILES string of the molecule is C[C@@H]1[B]CN(C)CCC1n1cc2ccc(Br)cc2n1. The van der Waals surface area contributed by atoms with Crippen LogP contribution in [-0.2, 0) is 0 Å². The van der Waals surface area contributed by atoms with Gasteiger partial charge < -0.3 is 4.90 Å². The van der Waals surface area contributed by atoms with Crippen LogP contribution in [0.15, 0.2) is 28.9 Å². The van der Waals surface area contributed by atoms with E-state index in [4.69, 9.17) is 5.10 Å². The van der Waals surface area contributed by atoms with Gasteiger partial charge in [-0.1, -0.05) is 28.9 Å². The van der Waals surface area contributed by atoms with Gasteiger partial charge in [-0.05, 0) is 44.4 Å². The van der Waals surface area contributed by atoms with Crippen molar-refractivity contribution >= 4 is 34.1 Å². The molecule has 3 nitrogen and oxygen atoms in total. The predicted octanol–water partition coefficient (Wildman–Crippen LogP) is 3.15. The summed E-state index contributed by atoms with van der Waals surface area (Å²) in [4.78, 5) is 2.37. The van der Waals surface area contributed by atoms with Crippen LogP contribution in [0.2, 0.25) is 5.82 Å². The van der Waals surface area contributed by atoms with Gasteiger partial charge in [-0.3, -0.25) is 4.68 Å². The molecule has 0 bridgehead atoms. The normalized spacial score (nSPS) is 25.2. The Morgan fingerprint density at radius 3 is 3.11 bits per heavy atom. The van der Waals surface area contributed by atoms with E-state index in [0.717, 1.165) is 29.4 Å². The Hall–Kier alpha value is -0.805. The Bertz CT molecular complexity index is 583. The summed E-state index contributed by atoms with van der Waals surface area (Å²) in [6, 6.07) is 6.75. The Labute approximate surface area is 123 Å². The van der Waals surface area contributed by atoms with E-state index in [1.54, 1.807) is 0 Å². The molecule has 0 saturated carbocycles. The Balaban J connectivity index is 1.93. The van der Waals surface area contributed by atoms with Gasteiger partial charge in [0.1, 0.15) is 7.28 Å². The zero-order valence-electron chi connectivity index (χ0n) is 11.4. The molecular formula is C14H18BBrN3. The minimum atomic E-state index is 0.469. The predicted molar refractivity (Wildman–Crippen MR) is 83.8 cm³/mol. The summed E-state index contributed by atoms with van der Waals surface area (Å²) in [5.41, 5.74) is 1.07. The molecule has 1 saturated heterocycles. The molecule has 5 heteroatoms. The smallest absolute Gasteiger partial charge is 0.135 e. The third-order valence-corrected chi connectivity index (χ3v) is 4.52. The van der Waals surface area contributed by atoms with Gasteiger partial charge in [0.05, 0.1) is 5.52 Å². The van der Waals surface area contributed by atoms with Crippen LogP contribution in [0, 0.1) is 0 Å². The lowest BCUT2D eigenvalue weighted by atomic mass is 9.62. The zero-order chi connectivity index (χ0) is 13.4. The molecule has 0 aliphatic carbocycles. The second-order valence-corrected chi connectivity index (χ2v) is 6.44. The van der Waals surface area contributed by atoms with Crippen molar-refractivity contribution in [2.75, 3.05) is 20.0 Å². The number of hydrogen-bond acceptors (Lipinski definition) is 2. The first-order valence-corrected chi connectivity index (χ1v) is 7.59. The summed E-state index contributed by atoms with van der Waals surface area (Å²) in [7, 11) is 4.59. The molecule has 3 rings (SSSR count). The molecule has 1 aromatic carbocycles. The fourth-order valence-corrected chi connectivity index (χ4v) is 3.11. The quantitative estimate of drug-likeness (QED) is 0.753. The lowest BCUT2D eigenvalue weighted by Gasteiger charge is -2.21. The van der Waals surface area contributed by atoms with Gasteiger partial charge in [-0.25, -0.2) is 0 Å². The monoisotopic (exact) mass is 318 g/mol. The van der Waals surface area contributed by atoms with E-state index in [9.17, 15) is 0 Å². The lowest BCUT2D eigenvalue weighted by molar-refractivity contribution is 0.338. The van der Waals surface area contributed by atoms with E-state index < -0.39 is 0 Å². The first-order valence-electron chi connectivity index (χ1n) is 6.80. The molecule has 1 aliphatic heterocycles. The van der Waals surface area contributed by atoms with Crippen molar-refractivity contribution in [1.82, 2.24) is 14.7 Å². The van der Waals surface area contributed by atoms with Gasteiger partial charge in [-0.15, -0.1) is 0 Å². The average molecular weight is 319 g/mol. The van der Waals surface area contributed by atoms with Crippen molar-refractivity contribution < 1.29 is 0 Å². The van der Waals surface area contributed by atoms with Gasteiger partial charge in [-0.2, -0.15) is 5.10 Å². The molecule has 1 fully saturated rings. The number of hydrogen-bond donors (Lipinski definition) is 0. The molecular weight excluding hydrogens is 301 g/mol. The number of benzene rings is 1. The molecule has 2 aromatic rings. The van der Waals surface area contributed by atoms with Gasteiger partial charge in [0.15, 0.2) is 0 Å². The number of aromatic nitrogens is 2. The molecule has 1 aliphatic rings. The standard InChI is InChI=1S/C14H18BBrN3/c1-10-14(5-6-18(2)9-15-10)19-8-11-3-4-12(16)7-13(11)17-19/h3-4,7-8,10,14H,5-6,9H2,1-2H3/t10-,14?/m0/s1. The van der Waals surface area contributed by atoms with Crippen LogP contribution in [-0.4, -0.2) is 42.0 Å². The summed E-state index contributed by atoms with van der Waals surface area (Å²) in [5.74, 6) is 0.558. The Morgan fingerprint density at radius 1 is 1.42 bits per heavy atom. The maximum absolute atomic E-state index is 4.76. The number of fused-ring (bicyclic) bond motifs is 1. The Kier molecular flexibility index (Phi) is 3.67. The fraction of sp³-hybridized carbons (Fsp3) is 0.500. The number of halogens is 1. The average Bonchev–Trinajstić information content (AvgIpc) is 2.71. The molecule has 1 unspecified atom stereocenters. The molecule has 2 atom stereocenters. The van der Waals surface area contributed by atoms with Crippen molar-refractivity contribution in [3.05, 3.63) is 28.9 Å². The summed E-state index contributed by atoms with van der Waals surface area (Å²) in [5, 5.41) is 5.98. The van der Waals surface area contributed by atoms with Crippen molar-refractivity contribution in [1.29, 1.82) is 0 Å². The van der Waals surface area contributed by atoms with E-state index in [1.807, 2.05) is 0 Å². The molecule has 99 valence electrons. The maximum atomic E-state index is 4.76. The third-order valence-electron chi connectivity index (χ3n) is 4.03. The lowest BCUT2D eigenvalue weighted by Crippen LogP contribution is -2.22. The van der Waals surface area contributed by atoms with E-state index in [1.165, 1.54) is 5.39 Å². The fourth-order valence-electron chi connectivity index (χ4n) is 2.76. The van der Waals surface area contributed by atoms with Crippen LogP contribution in [0.5, 0.6) is 0 Å². The molecule has 0 spiro atoms. The molecule has 1 aromatic heterocycles. The van der Waals surface area contributed by atoms with Gasteiger partial charge >= 0.3 is 0 Å². The third kappa shape index (κ3) is 2.72. The number of rotatable bonds is 1. The van der Waals surface area contributed by atoms with Gasteiger partial charge in [0.2, 0.25) is 0 Å². The molecule has 2 heterocycles. The first kappa shape index (κ1) is 13.2. The minimum absolute atomic E-state index is 0.469. The van der Waals surface area contributed by atoms with E-state index >= 15 is 0 Å². The van der Waals surface area contributed by atoms with E-state index in [-0.39, 0.29) is 0 Å². The second kappa shape index (κ2) is 5.29. The largest absolute Gasteiger partial charge is 0.314 e. The van der Waals surface area contributed by atoms with Crippen molar-refractivity contribution in [3.63, 3.8) is 0 Å². The van der Waals surface area contributed by atoms with Crippen LogP contribution in [0.4, 0.5) is 0 Å². The molecule has 0 N–H and O–H groups in total. The van der Waals surface area contributed by atoms with Crippen LogP contribution in [0.3, 0.4) is 0 Å². The van der Waals surface area contributed by atoms with Crippen LogP contribution < -0.4 is 0 Å².